The van der Waals surface area contributed by atoms with Crippen molar-refractivity contribution in [3.8, 4) is 22.9 Å². The number of benzene rings is 1. The first kappa shape index (κ1) is 24.9. The van der Waals surface area contributed by atoms with Crippen LogP contribution >= 0.6 is 15.9 Å². The van der Waals surface area contributed by atoms with Gasteiger partial charge in [-0.3, -0.25) is 4.98 Å². The second-order valence-electron chi connectivity index (χ2n) is 7.29. The molecule has 4 nitrogen and oxygen atoms in total. The van der Waals surface area contributed by atoms with E-state index in [4.69, 9.17) is 9.47 Å². The Morgan fingerprint density at radius 2 is 1.74 bits per heavy atom. The minimum atomic E-state index is 0.318. The second kappa shape index (κ2) is 12.5. The number of rotatable bonds is 11. The number of halogens is 1. The first-order valence-corrected chi connectivity index (χ1v) is 11.6. The molecule has 0 radical (unpaired) electrons. The Hall–Kier alpha value is -3.70. The largest absolute Gasteiger partial charge is 0.473 e. The van der Waals surface area contributed by atoms with Gasteiger partial charge >= 0.3 is 0 Å². The maximum Gasteiger partial charge on any atom is 0.225 e. The van der Waals surface area contributed by atoms with Crippen molar-refractivity contribution in [3.05, 3.63) is 120 Å². The van der Waals surface area contributed by atoms with Crippen molar-refractivity contribution in [2.24, 2.45) is 0 Å². The fourth-order valence-electron chi connectivity index (χ4n) is 3.11. The summed E-state index contributed by atoms with van der Waals surface area (Å²) in [5, 5.41) is 1.02. The highest BCUT2D eigenvalue weighted by molar-refractivity contribution is 9.10. The van der Waals surface area contributed by atoms with Gasteiger partial charge in [0, 0.05) is 33.2 Å². The topological polar surface area (TPSA) is 44.2 Å². The third-order valence-corrected chi connectivity index (χ3v) is 5.40. The Balaban J connectivity index is 1.98. The highest BCUT2D eigenvalue weighted by Gasteiger charge is 2.13. The molecular weight excluding hydrogens is 488 g/mol. The van der Waals surface area contributed by atoms with Gasteiger partial charge in [0.05, 0.1) is 5.52 Å². The molecule has 3 rings (SSSR count). The van der Waals surface area contributed by atoms with Crippen LogP contribution in [0.4, 0.5) is 0 Å². The van der Waals surface area contributed by atoms with Crippen LogP contribution in [0.3, 0.4) is 0 Å². The van der Waals surface area contributed by atoms with E-state index in [-0.39, 0.29) is 0 Å². The summed E-state index contributed by atoms with van der Waals surface area (Å²) in [6.45, 7) is 14.0. The molecule has 34 heavy (non-hydrogen) atoms. The van der Waals surface area contributed by atoms with Gasteiger partial charge in [-0.2, -0.15) is 4.98 Å². The van der Waals surface area contributed by atoms with Crippen LogP contribution in [0, 0.1) is 0 Å². The molecular formula is C29H27BrN2O2. The van der Waals surface area contributed by atoms with E-state index in [1.807, 2.05) is 67.8 Å². The number of aromatic nitrogens is 2. The van der Waals surface area contributed by atoms with Crippen molar-refractivity contribution in [1.82, 2.24) is 9.97 Å². The Bertz CT molecular complexity index is 1290. The van der Waals surface area contributed by atoms with Crippen molar-refractivity contribution in [2.75, 3.05) is 13.2 Å². The maximum absolute atomic E-state index is 6.15. The molecule has 0 fully saturated rings. The third-order valence-electron chi connectivity index (χ3n) is 4.91. The molecule has 0 unspecified atom stereocenters. The summed E-state index contributed by atoms with van der Waals surface area (Å²) in [4.78, 5) is 9.26. The van der Waals surface area contributed by atoms with Gasteiger partial charge < -0.3 is 9.47 Å². The summed E-state index contributed by atoms with van der Waals surface area (Å²) in [6.07, 6.45) is 14.7. The number of pyridine rings is 2. The molecule has 0 bridgehead atoms. The number of allylic oxidation sites excluding steroid dienone is 5. The predicted octanol–water partition coefficient (Wildman–Crippen LogP) is 7.80. The SMILES string of the molecule is C=C/C=C(\C=C)COc1ccc(-c2cnc3ccc(Br)cc3c2)c(OC/C(C=C)=C/C=C\C)n1. The lowest BCUT2D eigenvalue weighted by Gasteiger charge is -2.14. The lowest BCUT2D eigenvalue weighted by atomic mass is 10.1. The molecule has 0 amide bonds. The molecule has 0 aliphatic heterocycles. The van der Waals surface area contributed by atoms with Gasteiger partial charge in [0.1, 0.15) is 13.2 Å². The first-order valence-electron chi connectivity index (χ1n) is 10.8. The zero-order chi connectivity index (χ0) is 24.3. The van der Waals surface area contributed by atoms with E-state index in [1.165, 1.54) is 0 Å². The van der Waals surface area contributed by atoms with E-state index in [9.17, 15) is 0 Å². The standard InChI is InChI=1S/C29H27BrN2O2/c1-5-9-11-22(8-4)20-34-29-26(13-15-28(32-29)33-19-21(7-3)10-6-2)24-16-23-17-25(30)12-14-27(23)31-18-24/h5-18H,2-4,19-20H2,1H3/b9-5-,21-10+,22-11+. The summed E-state index contributed by atoms with van der Waals surface area (Å²) in [5.41, 5.74) is 4.46. The molecule has 0 aliphatic carbocycles. The summed E-state index contributed by atoms with van der Waals surface area (Å²) in [5.74, 6) is 0.902. The van der Waals surface area contributed by atoms with Crippen LogP contribution in [0.15, 0.2) is 120 Å². The van der Waals surface area contributed by atoms with Crippen LogP contribution in [-0.4, -0.2) is 23.2 Å². The number of fused-ring (bicyclic) bond motifs is 1. The Morgan fingerprint density at radius 1 is 0.971 bits per heavy atom. The smallest absolute Gasteiger partial charge is 0.225 e. The van der Waals surface area contributed by atoms with Gasteiger partial charge in [-0.15, -0.1) is 0 Å². The average Bonchev–Trinajstić information content (AvgIpc) is 2.86. The Labute approximate surface area is 209 Å². The normalized spacial score (nSPS) is 12.1. The average molecular weight is 515 g/mol. The fraction of sp³-hybridized carbons (Fsp3) is 0.103. The lowest BCUT2D eigenvalue weighted by Crippen LogP contribution is -2.05. The van der Waals surface area contributed by atoms with Crippen molar-refractivity contribution in [1.29, 1.82) is 0 Å². The zero-order valence-corrected chi connectivity index (χ0v) is 20.8. The third kappa shape index (κ3) is 6.65. The Morgan fingerprint density at radius 3 is 2.47 bits per heavy atom. The predicted molar refractivity (Wildman–Crippen MR) is 145 cm³/mol. The van der Waals surface area contributed by atoms with Crippen LogP contribution in [0.5, 0.6) is 11.8 Å². The molecule has 0 saturated carbocycles. The van der Waals surface area contributed by atoms with Gasteiger partial charge in [-0.25, -0.2) is 0 Å². The molecule has 5 heteroatoms. The van der Waals surface area contributed by atoms with Crippen molar-refractivity contribution in [3.63, 3.8) is 0 Å². The molecule has 0 atom stereocenters. The van der Waals surface area contributed by atoms with E-state index in [2.05, 4.69) is 51.7 Å². The monoisotopic (exact) mass is 514 g/mol. The number of hydrogen-bond donors (Lipinski definition) is 0. The van der Waals surface area contributed by atoms with E-state index in [0.29, 0.717) is 25.0 Å². The second-order valence-corrected chi connectivity index (χ2v) is 8.21. The fourth-order valence-corrected chi connectivity index (χ4v) is 3.49. The lowest BCUT2D eigenvalue weighted by molar-refractivity contribution is 0.313. The number of hydrogen-bond acceptors (Lipinski definition) is 4. The van der Waals surface area contributed by atoms with Gasteiger partial charge in [0.15, 0.2) is 0 Å². The summed E-state index contributed by atoms with van der Waals surface area (Å²) in [6, 6.07) is 11.8. The van der Waals surface area contributed by atoms with Crippen molar-refractivity contribution in [2.45, 2.75) is 6.92 Å². The minimum absolute atomic E-state index is 0.318. The van der Waals surface area contributed by atoms with Gasteiger partial charge in [0.25, 0.3) is 0 Å². The van der Waals surface area contributed by atoms with E-state index >= 15 is 0 Å². The molecule has 2 heterocycles. The molecule has 172 valence electrons. The van der Waals surface area contributed by atoms with Crippen LogP contribution in [0.25, 0.3) is 22.0 Å². The van der Waals surface area contributed by atoms with Crippen molar-refractivity contribution < 1.29 is 9.47 Å². The molecule has 0 saturated heterocycles. The first-order chi connectivity index (χ1) is 16.6. The molecule has 0 aliphatic rings. The molecule has 2 aromatic heterocycles. The van der Waals surface area contributed by atoms with Gasteiger partial charge in [-0.1, -0.05) is 78.2 Å². The maximum atomic E-state index is 6.15. The molecule has 0 N–H and O–H groups in total. The molecule has 0 spiro atoms. The summed E-state index contributed by atoms with van der Waals surface area (Å²) >= 11 is 3.53. The molecule has 1 aromatic carbocycles. The highest BCUT2D eigenvalue weighted by Crippen LogP contribution is 2.32. The van der Waals surface area contributed by atoms with Crippen LogP contribution in [-0.2, 0) is 0 Å². The van der Waals surface area contributed by atoms with E-state index in [1.54, 1.807) is 18.2 Å². The van der Waals surface area contributed by atoms with Crippen LogP contribution < -0.4 is 9.47 Å². The van der Waals surface area contributed by atoms with Crippen LogP contribution in [0.1, 0.15) is 6.92 Å². The quantitative estimate of drug-likeness (QED) is 0.245. The number of ether oxygens (including phenoxy) is 2. The zero-order valence-electron chi connectivity index (χ0n) is 19.2. The summed E-state index contributed by atoms with van der Waals surface area (Å²) in [7, 11) is 0. The number of nitrogens with zero attached hydrogens (tertiary/aromatic N) is 2. The van der Waals surface area contributed by atoms with E-state index < -0.39 is 0 Å². The van der Waals surface area contributed by atoms with Crippen molar-refractivity contribution >= 4 is 26.8 Å². The highest BCUT2D eigenvalue weighted by atomic mass is 79.9. The van der Waals surface area contributed by atoms with Gasteiger partial charge in [0.2, 0.25) is 11.8 Å². The molecule has 3 aromatic rings. The van der Waals surface area contributed by atoms with Gasteiger partial charge in [-0.05, 0) is 48.4 Å². The summed E-state index contributed by atoms with van der Waals surface area (Å²) < 4.78 is 13.0. The van der Waals surface area contributed by atoms with E-state index in [0.717, 1.165) is 37.6 Å². The van der Waals surface area contributed by atoms with Crippen LogP contribution in [0.2, 0.25) is 0 Å². The minimum Gasteiger partial charge on any atom is -0.473 e. The Kier molecular flexibility index (Phi) is 9.18.